The van der Waals surface area contributed by atoms with Gasteiger partial charge in [-0.05, 0) is 49.3 Å². The number of rotatable bonds is 3. The molecule has 0 aromatic carbocycles. The van der Waals surface area contributed by atoms with Gasteiger partial charge in [0.15, 0.2) is 0 Å². The first-order valence-electron chi connectivity index (χ1n) is 5.66. The Morgan fingerprint density at radius 1 is 1.44 bits per heavy atom. The van der Waals surface area contributed by atoms with Gasteiger partial charge in [-0.2, -0.15) is 0 Å². The normalized spacial score (nSPS) is 21.6. The lowest BCUT2D eigenvalue weighted by molar-refractivity contribution is -0.104. The predicted molar refractivity (Wildman–Crippen MR) is 69.5 cm³/mol. The average molecular weight is 239 g/mol. The van der Waals surface area contributed by atoms with Gasteiger partial charge in [0, 0.05) is 5.03 Å². The van der Waals surface area contributed by atoms with Crippen molar-refractivity contribution >= 4 is 17.9 Å². The smallest absolute Gasteiger partial charge is 0.144 e. The summed E-state index contributed by atoms with van der Waals surface area (Å²) < 4.78 is 0. The van der Waals surface area contributed by atoms with Crippen molar-refractivity contribution in [2.24, 2.45) is 5.41 Å². The van der Waals surface area contributed by atoms with Crippen molar-refractivity contribution in [2.45, 2.75) is 40.0 Å². The van der Waals surface area contributed by atoms with Gasteiger partial charge in [-0.3, -0.25) is 4.79 Å². The van der Waals surface area contributed by atoms with Crippen LogP contribution in [-0.2, 0) is 4.79 Å². The number of allylic oxidation sites excluding steroid dienone is 6. The van der Waals surface area contributed by atoms with E-state index in [1.54, 1.807) is 0 Å². The minimum absolute atomic E-state index is 0.219. The summed E-state index contributed by atoms with van der Waals surface area (Å²) in [6.07, 6.45) is 9.56. The van der Waals surface area contributed by atoms with Crippen molar-refractivity contribution in [2.75, 3.05) is 0 Å². The topological polar surface area (TPSA) is 17.1 Å². The van der Waals surface area contributed by atoms with Crippen LogP contribution in [0.25, 0.3) is 0 Å². The molecule has 0 saturated heterocycles. The van der Waals surface area contributed by atoms with Gasteiger partial charge in [-0.1, -0.05) is 37.1 Å². The summed E-state index contributed by atoms with van der Waals surface area (Å²) in [6, 6.07) is 0. The molecule has 0 aliphatic heterocycles. The highest BCUT2D eigenvalue weighted by Gasteiger charge is 2.26. The Kier molecular flexibility index (Phi) is 4.55. The van der Waals surface area contributed by atoms with Gasteiger partial charge in [-0.25, -0.2) is 0 Å². The van der Waals surface area contributed by atoms with Crippen LogP contribution < -0.4 is 0 Å². The molecule has 0 heterocycles. The quantitative estimate of drug-likeness (QED) is 0.405. The summed E-state index contributed by atoms with van der Waals surface area (Å²) in [7, 11) is 0. The van der Waals surface area contributed by atoms with E-state index >= 15 is 0 Å². The van der Waals surface area contributed by atoms with Gasteiger partial charge in [0.05, 0.1) is 0 Å². The van der Waals surface area contributed by atoms with E-state index in [2.05, 4.69) is 26.8 Å². The molecule has 0 radical (unpaired) electrons. The highest BCUT2D eigenvalue weighted by atomic mass is 35.5. The van der Waals surface area contributed by atoms with Gasteiger partial charge >= 0.3 is 0 Å². The third-order valence-corrected chi connectivity index (χ3v) is 3.43. The van der Waals surface area contributed by atoms with Crippen LogP contribution in [-0.4, -0.2) is 6.29 Å². The second kappa shape index (κ2) is 5.49. The van der Waals surface area contributed by atoms with Crippen LogP contribution in [0.5, 0.6) is 0 Å². The number of carbonyl (C=O) groups excluding carboxylic acids is 1. The van der Waals surface area contributed by atoms with Gasteiger partial charge < -0.3 is 0 Å². The zero-order valence-electron chi connectivity index (χ0n) is 10.2. The van der Waals surface area contributed by atoms with E-state index < -0.39 is 0 Å². The molecule has 1 aliphatic carbocycles. The van der Waals surface area contributed by atoms with Gasteiger partial charge in [0.2, 0.25) is 0 Å². The lowest BCUT2D eigenvalue weighted by Gasteiger charge is -2.32. The molecule has 0 aromatic heterocycles. The van der Waals surface area contributed by atoms with E-state index in [1.165, 1.54) is 30.1 Å². The Bertz CT molecular complexity index is 359. The van der Waals surface area contributed by atoms with Gasteiger partial charge in [0.25, 0.3) is 0 Å². The average Bonchev–Trinajstić information content (AvgIpc) is 2.16. The molecule has 1 aliphatic rings. The summed E-state index contributed by atoms with van der Waals surface area (Å²) in [6.45, 7) is 6.69. The number of hydrogen-bond donors (Lipinski definition) is 0. The minimum atomic E-state index is 0.219. The van der Waals surface area contributed by atoms with Crippen LogP contribution in [0.1, 0.15) is 40.0 Å². The molecule has 88 valence electrons. The largest absolute Gasteiger partial charge is 0.299 e. The predicted octanol–water partition coefficient (Wildman–Crippen LogP) is 4.39. The molecular weight excluding hydrogens is 220 g/mol. The standard InChI is InChI=1S/C14H19ClO/c1-11-5-4-9-14(2,3)13(11)7-6-12(15)8-10-16/h6-8,10H,4-5,9H2,1-3H3/b7-6+,12-8-. The Morgan fingerprint density at radius 3 is 2.69 bits per heavy atom. The highest BCUT2D eigenvalue weighted by molar-refractivity contribution is 6.32. The van der Waals surface area contributed by atoms with Crippen molar-refractivity contribution in [1.29, 1.82) is 0 Å². The van der Waals surface area contributed by atoms with E-state index in [0.717, 1.165) is 6.42 Å². The van der Waals surface area contributed by atoms with E-state index in [1.807, 2.05) is 6.08 Å². The van der Waals surface area contributed by atoms with Crippen LogP contribution >= 0.6 is 11.6 Å². The monoisotopic (exact) mass is 238 g/mol. The third kappa shape index (κ3) is 3.34. The van der Waals surface area contributed by atoms with Gasteiger partial charge in [0.1, 0.15) is 6.29 Å². The molecule has 0 amide bonds. The minimum Gasteiger partial charge on any atom is -0.299 e. The van der Waals surface area contributed by atoms with Crippen molar-refractivity contribution in [3.8, 4) is 0 Å². The summed E-state index contributed by atoms with van der Waals surface area (Å²) in [5.41, 5.74) is 3.01. The maximum atomic E-state index is 10.3. The summed E-state index contributed by atoms with van der Waals surface area (Å²) in [5.74, 6) is 0. The van der Waals surface area contributed by atoms with Gasteiger partial charge in [-0.15, -0.1) is 0 Å². The summed E-state index contributed by atoms with van der Waals surface area (Å²) >= 11 is 5.86. The number of aldehydes is 1. The zero-order chi connectivity index (χ0) is 12.2. The number of halogens is 1. The zero-order valence-corrected chi connectivity index (χ0v) is 11.0. The molecule has 0 aromatic rings. The van der Waals surface area contributed by atoms with Crippen molar-refractivity contribution in [3.05, 3.63) is 34.4 Å². The Hall–Kier alpha value is -0.820. The fourth-order valence-electron chi connectivity index (χ4n) is 2.29. The van der Waals surface area contributed by atoms with Crippen molar-refractivity contribution < 1.29 is 4.79 Å². The molecule has 1 rings (SSSR count). The molecular formula is C14H19ClO. The van der Waals surface area contributed by atoms with E-state index in [9.17, 15) is 4.79 Å². The number of hydrogen-bond acceptors (Lipinski definition) is 1. The van der Waals surface area contributed by atoms with E-state index in [4.69, 9.17) is 11.6 Å². The maximum absolute atomic E-state index is 10.3. The Labute approximate surface area is 103 Å². The van der Waals surface area contributed by atoms with E-state index in [-0.39, 0.29) is 5.41 Å². The molecule has 2 heteroatoms. The Balaban J connectivity index is 2.93. The first-order valence-corrected chi connectivity index (χ1v) is 6.04. The molecule has 0 fully saturated rings. The highest BCUT2D eigenvalue weighted by Crippen LogP contribution is 2.40. The van der Waals surface area contributed by atoms with Crippen LogP contribution in [0.4, 0.5) is 0 Å². The molecule has 1 nitrogen and oxygen atoms in total. The molecule has 0 N–H and O–H groups in total. The maximum Gasteiger partial charge on any atom is 0.144 e. The fourth-order valence-corrected chi connectivity index (χ4v) is 2.41. The van der Waals surface area contributed by atoms with Crippen LogP contribution in [0, 0.1) is 5.41 Å². The first kappa shape index (κ1) is 13.2. The van der Waals surface area contributed by atoms with Crippen LogP contribution in [0.3, 0.4) is 0 Å². The molecule has 0 bridgehead atoms. The van der Waals surface area contributed by atoms with E-state index in [0.29, 0.717) is 11.3 Å². The number of carbonyl (C=O) groups is 1. The molecule has 0 saturated carbocycles. The second-order valence-electron chi connectivity index (χ2n) is 4.95. The summed E-state index contributed by atoms with van der Waals surface area (Å²) in [4.78, 5) is 10.3. The molecule has 16 heavy (non-hydrogen) atoms. The lowest BCUT2D eigenvalue weighted by Crippen LogP contribution is -2.18. The van der Waals surface area contributed by atoms with Crippen LogP contribution in [0.2, 0.25) is 0 Å². The Morgan fingerprint density at radius 2 is 2.12 bits per heavy atom. The lowest BCUT2D eigenvalue weighted by atomic mass is 9.73. The van der Waals surface area contributed by atoms with Crippen molar-refractivity contribution in [1.82, 2.24) is 0 Å². The summed E-state index contributed by atoms with van der Waals surface area (Å²) in [5, 5.41) is 0.483. The van der Waals surface area contributed by atoms with Crippen LogP contribution in [0.15, 0.2) is 34.4 Å². The van der Waals surface area contributed by atoms with Crippen molar-refractivity contribution in [3.63, 3.8) is 0 Å². The fraction of sp³-hybridized carbons (Fsp3) is 0.500. The first-order chi connectivity index (χ1) is 7.47. The second-order valence-corrected chi connectivity index (χ2v) is 5.39. The third-order valence-electron chi connectivity index (χ3n) is 3.18. The molecule has 0 unspecified atom stereocenters. The SMILES string of the molecule is CC1=C(/C=C/C(Cl)=C/C=O)C(C)(C)CCC1. The molecule has 0 atom stereocenters. The molecule has 0 spiro atoms.